The Bertz CT molecular complexity index is 955. The molecule has 1 N–H and O–H groups in total. The third-order valence-corrected chi connectivity index (χ3v) is 6.07. The number of benzene rings is 3. The van der Waals surface area contributed by atoms with Crippen LogP contribution in [0.5, 0.6) is 5.75 Å². The number of methoxy groups -OCH3 is 1. The van der Waals surface area contributed by atoms with E-state index in [9.17, 15) is 0 Å². The standard InChI is InChI=1S/C28H32N2O/c1-31-27-19-9-8-17-25(27)22-29-26-18-11-21-30(28(26)24-15-6-3-7-16-24)20-10-14-23-12-4-2-5-13-23/h2-10,12-17,19,26,28-29H,11,18,20-22H2,1H3/t26-,28-/m0/s1. The molecule has 0 aromatic heterocycles. The van der Waals surface area contributed by atoms with Gasteiger partial charge in [-0.3, -0.25) is 4.90 Å². The molecule has 2 atom stereocenters. The van der Waals surface area contributed by atoms with Crippen molar-refractivity contribution in [3.05, 3.63) is 108 Å². The molecule has 3 aromatic carbocycles. The van der Waals surface area contributed by atoms with Crippen LogP contribution < -0.4 is 10.1 Å². The fourth-order valence-electron chi connectivity index (χ4n) is 4.56. The molecular weight excluding hydrogens is 380 g/mol. The number of para-hydroxylation sites is 1. The van der Waals surface area contributed by atoms with Crippen molar-refractivity contribution in [3.8, 4) is 5.75 Å². The highest BCUT2D eigenvalue weighted by molar-refractivity contribution is 5.48. The van der Waals surface area contributed by atoms with E-state index >= 15 is 0 Å². The van der Waals surface area contributed by atoms with Crippen LogP contribution in [0, 0.1) is 0 Å². The van der Waals surface area contributed by atoms with Gasteiger partial charge < -0.3 is 10.1 Å². The monoisotopic (exact) mass is 412 g/mol. The highest BCUT2D eigenvalue weighted by Gasteiger charge is 2.31. The molecule has 3 heteroatoms. The number of piperidine rings is 1. The molecule has 1 heterocycles. The van der Waals surface area contributed by atoms with Gasteiger partial charge in [0.25, 0.3) is 0 Å². The molecule has 0 saturated carbocycles. The van der Waals surface area contributed by atoms with Gasteiger partial charge >= 0.3 is 0 Å². The van der Waals surface area contributed by atoms with E-state index < -0.39 is 0 Å². The molecule has 0 radical (unpaired) electrons. The number of likely N-dealkylation sites (tertiary alicyclic amines) is 1. The summed E-state index contributed by atoms with van der Waals surface area (Å²) in [6, 6.07) is 30.5. The van der Waals surface area contributed by atoms with Crippen LogP contribution in [0.2, 0.25) is 0 Å². The van der Waals surface area contributed by atoms with Crippen molar-refractivity contribution in [2.24, 2.45) is 0 Å². The van der Waals surface area contributed by atoms with Crippen molar-refractivity contribution >= 4 is 6.08 Å². The maximum Gasteiger partial charge on any atom is 0.123 e. The van der Waals surface area contributed by atoms with E-state index in [1.54, 1.807) is 7.11 Å². The number of nitrogens with one attached hydrogen (secondary N) is 1. The first-order valence-corrected chi connectivity index (χ1v) is 11.2. The Kier molecular flexibility index (Phi) is 7.54. The number of hydrogen-bond donors (Lipinski definition) is 1. The molecule has 3 nitrogen and oxygen atoms in total. The van der Waals surface area contributed by atoms with Gasteiger partial charge in [-0.25, -0.2) is 0 Å². The lowest BCUT2D eigenvalue weighted by Crippen LogP contribution is -2.48. The summed E-state index contributed by atoms with van der Waals surface area (Å²) in [5.41, 5.74) is 3.84. The Morgan fingerprint density at radius 1 is 0.935 bits per heavy atom. The summed E-state index contributed by atoms with van der Waals surface area (Å²) in [5.74, 6) is 0.949. The van der Waals surface area contributed by atoms with Crippen LogP contribution in [0.4, 0.5) is 0 Å². The van der Waals surface area contributed by atoms with Crippen molar-refractivity contribution in [1.82, 2.24) is 10.2 Å². The molecule has 0 unspecified atom stereocenters. The largest absolute Gasteiger partial charge is 0.496 e. The SMILES string of the molecule is COc1ccccc1CN[C@H]1CCCN(CC=Cc2ccccc2)[C@H]1c1ccccc1. The highest BCUT2D eigenvalue weighted by Crippen LogP contribution is 2.32. The van der Waals surface area contributed by atoms with Crippen LogP contribution >= 0.6 is 0 Å². The molecule has 3 aromatic rings. The zero-order valence-electron chi connectivity index (χ0n) is 18.3. The zero-order valence-corrected chi connectivity index (χ0v) is 18.3. The summed E-state index contributed by atoms with van der Waals surface area (Å²) in [5, 5.41) is 3.85. The summed E-state index contributed by atoms with van der Waals surface area (Å²) in [6.07, 6.45) is 6.90. The molecule has 1 saturated heterocycles. The average molecular weight is 413 g/mol. The number of rotatable bonds is 8. The van der Waals surface area contributed by atoms with E-state index in [0.29, 0.717) is 12.1 Å². The fraction of sp³-hybridized carbons (Fsp3) is 0.286. The topological polar surface area (TPSA) is 24.5 Å². The molecule has 0 amide bonds. The fourth-order valence-corrected chi connectivity index (χ4v) is 4.56. The van der Waals surface area contributed by atoms with Gasteiger partial charge in [0.05, 0.1) is 13.2 Å². The molecule has 0 aliphatic carbocycles. The van der Waals surface area contributed by atoms with Crippen molar-refractivity contribution in [2.75, 3.05) is 20.2 Å². The van der Waals surface area contributed by atoms with Gasteiger partial charge in [-0.2, -0.15) is 0 Å². The number of ether oxygens (including phenoxy) is 1. The lowest BCUT2D eigenvalue weighted by atomic mass is 9.90. The van der Waals surface area contributed by atoms with Crippen LogP contribution in [0.25, 0.3) is 6.08 Å². The molecule has 1 fully saturated rings. The Balaban J connectivity index is 1.50. The summed E-state index contributed by atoms with van der Waals surface area (Å²) in [6.45, 7) is 2.87. The minimum atomic E-state index is 0.352. The van der Waals surface area contributed by atoms with Crippen LogP contribution in [0.3, 0.4) is 0 Å². The van der Waals surface area contributed by atoms with Gasteiger partial charge in [-0.05, 0) is 36.6 Å². The van der Waals surface area contributed by atoms with Gasteiger partial charge in [0.15, 0.2) is 0 Å². The lowest BCUT2D eigenvalue weighted by molar-refractivity contribution is 0.124. The first kappa shape index (κ1) is 21.4. The van der Waals surface area contributed by atoms with E-state index in [4.69, 9.17) is 4.74 Å². The average Bonchev–Trinajstić information content (AvgIpc) is 2.84. The third-order valence-electron chi connectivity index (χ3n) is 6.07. The summed E-state index contributed by atoms with van der Waals surface area (Å²) < 4.78 is 5.55. The van der Waals surface area contributed by atoms with Crippen molar-refractivity contribution < 1.29 is 4.74 Å². The molecule has 1 aliphatic heterocycles. The Morgan fingerprint density at radius 3 is 2.42 bits per heavy atom. The van der Waals surface area contributed by atoms with E-state index in [1.807, 2.05) is 12.1 Å². The third kappa shape index (κ3) is 5.63. The van der Waals surface area contributed by atoms with Crippen molar-refractivity contribution in [3.63, 3.8) is 0 Å². The number of nitrogens with zero attached hydrogens (tertiary/aromatic N) is 1. The van der Waals surface area contributed by atoms with Crippen LogP contribution in [-0.4, -0.2) is 31.1 Å². The van der Waals surface area contributed by atoms with Crippen LogP contribution in [-0.2, 0) is 6.54 Å². The molecule has 0 bridgehead atoms. The van der Waals surface area contributed by atoms with E-state index in [-0.39, 0.29) is 0 Å². The molecule has 0 spiro atoms. The Hall–Kier alpha value is -2.88. The lowest BCUT2D eigenvalue weighted by Gasteiger charge is -2.42. The van der Waals surface area contributed by atoms with Crippen LogP contribution in [0.15, 0.2) is 91.0 Å². The predicted octanol–water partition coefficient (Wildman–Crippen LogP) is 5.70. The second-order valence-electron chi connectivity index (χ2n) is 8.10. The van der Waals surface area contributed by atoms with Crippen molar-refractivity contribution in [2.45, 2.75) is 31.5 Å². The van der Waals surface area contributed by atoms with Gasteiger partial charge in [0, 0.05) is 24.7 Å². The maximum absolute atomic E-state index is 5.55. The van der Waals surface area contributed by atoms with Crippen LogP contribution in [0.1, 0.15) is 35.6 Å². The second kappa shape index (κ2) is 10.9. The summed E-state index contributed by atoms with van der Waals surface area (Å²) in [7, 11) is 1.74. The predicted molar refractivity (Wildman–Crippen MR) is 129 cm³/mol. The smallest absolute Gasteiger partial charge is 0.123 e. The minimum Gasteiger partial charge on any atom is -0.496 e. The molecule has 4 rings (SSSR count). The number of hydrogen-bond acceptors (Lipinski definition) is 3. The zero-order chi connectivity index (χ0) is 21.3. The van der Waals surface area contributed by atoms with Gasteiger partial charge in [0.1, 0.15) is 5.75 Å². The normalized spacial score (nSPS) is 19.5. The summed E-state index contributed by atoms with van der Waals surface area (Å²) >= 11 is 0. The second-order valence-corrected chi connectivity index (χ2v) is 8.10. The first-order valence-electron chi connectivity index (χ1n) is 11.2. The summed E-state index contributed by atoms with van der Waals surface area (Å²) in [4.78, 5) is 2.61. The van der Waals surface area contributed by atoms with Crippen molar-refractivity contribution in [1.29, 1.82) is 0 Å². The first-order chi connectivity index (χ1) is 15.3. The van der Waals surface area contributed by atoms with Gasteiger partial charge in [0.2, 0.25) is 0 Å². The molecular formula is C28H32N2O. The molecule has 160 valence electrons. The molecule has 1 aliphatic rings. The quantitative estimate of drug-likeness (QED) is 0.513. The van der Waals surface area contributed by atoms with Gasteiger partial charge in [-0.15, -0.1) is 0 Å². The van der Waals surface area contributed by atoms with E-state index in [0.717, 1.165) is 25.4 Å². The van der Waals surface area contributed by atoms with Gasteiger partial charge in [-0.1, -0.05) is 91.0 Å². The van der Waals surface area contributed by atoms with E-state index in [1.165, 1.54) is 29.5 Å². The maximum atomic E-state index is 5.55. The van der Waals surface area contributed by atoms with E-state index in [2.05, 4.69) is 95.2 Å². The molecule has 31 heavy (non-hydrogen) atoms. The Morgan fingerprint density at radius 2 is 1.65 bits per heavy atom. The minimum absolute atomic E-state index is 0.352. The Labute approximate surface area is 186 Å². The highest BCUT2D eigenvalue weighted by atomic mass is 16.5.